The lowest BCUT2D eigenvalue weighted by atomic mass is 10.2. The van der Waals surface area contributed by atoms with Crippen LogP contribution in [0.25, 0.3) is 0 Å². The number of thiophene rings is 1. The third kappa shape index (κ3) is 6.59. The summed E-state index contributed by atoms with van der Waals surface area (Å²) < 4.78 is 27.0. The fourth-order valence-corrected chi connectivity index (χ4v) is 6.60. The number of hydrogen-bond acceptors (Lipinski definition) is 9. The largest absolute Gasteiger partial charge is 0.301 e. The molecule has 0 aliphatic heterocycles. The summed E-state index contributed by atoms with van der Waals surface area (Å²) >= 11 is 3.95. The highest BCUT2D eigenvalue weighted by atomic mass is 32.2. The Morgan fingerprint density at radius 2 is 2.03 bits per heavy atom. The van der Waals surface area contributed by atoms with Gasteiger partial charge in [-0.05, 0) is 35.6 Å². The summed E-state index contributed by atoms with van der Waals surface area (Å²) in [7, 11) is -1.99. The van der Waals surface area contributed by atoms with Crippen molar-refractivity contribution in [3.05, 3.63) is 52.9 Å². The number of hydrogen-bond donors (Lipinski definition) is 1. The highest BCUT2D eigenvalue weighted by Gasteiger charge is 2.21. The molecule has 0 fully saturated rings. The van der Waals surface area contributed by atoms with Crippen LogP contribution in [-0.2, 0) is 20.6 Å². The predicted molar refractivity (Wildman–Crippen MR) is 123 cm³/mol. The third-order valence-corrected chi connectivity index (χ3v) is 9.41. The Bertz CT molecular complexity index is 1150. The molecular weight excluding hydrogens is 475 g/mol. The first kappa shape index (κ1) is 23.4. The van der Waals surface area contributed by atoms with Gasteiger partial charge in [-0.3, -0.25) is 4.79 Å². The Kier molecular flexibility index (Phi) is 8.16. The van der Waals surface area contributed by atoms with Crippen molar-refractivity contribution >= 4 is 55.5 Å². The highest BCUT2D eigenvalue weighted by molar-refractivity contribution is 8.00. The van der Waals surface area contributed by atoms with Crippen LogP contribution >= 0.6 is 34.4 Å². The monoisotopic (exact) mass is 493 g/mol. The van der Waals surface area contributed by atoms with E-state index in [-0.39, 0.29) is 18.9 Å². The van der Waals surface area contributed by atoms with Gasteiger partial charge in [0.2, 0.25) is 11.0 Å². The lowest BCUT2D eigenvalue weighted by Gasteiger charge is -2.15. The van der Waals surface area contributed by atoms with Gasteiger partial charge in [0, 0.05) is 25.8 Å². The van der Waals surface area contributed by atoms with Crippen molar-refractivity contribution in [1.82, 2.24) is 14.5 Å². The molecule has 0 aliphatic carbocycles. The highest BCUT2D eigenvalue weighted by Crippen LogP contribution is 2.28. The molecule has 0 bridgehead atoms. The van der Waals surface area contributed by atoms with Crippen molar-refractivity contribution < 1.29 is 13.2 Å². The lowest BCUT2D eigenvalue weighted by molar-refractivity contribution is -0.116. The zero-order valence-electron chi connectivity index (χ0n) is 16.5. The van der Waals surface area contributed by atoms with Crippen molar-refractivity contribution in [3.63, 3.8) is 0 Å². The van der Waals surface area contributed by atoms with Crippen LogP contribution in [0.1, 0.15) is 24.0 Å². The van der Waals surface area contributed by atoms with Gasteiger partial charge < -0.3 is 5.32 Å². The van der Waals surface area contributed by atoms with Gasteiger partial charge in [-0.15, -0.1) is 21.5 Å². The molecule has 31 heavy (non-hydrogen) atoms. The van der Waals surface area contributed by atoms with Crippen molar-refractivity contribution in [1.29, 1.82) is 5.26 Å². The predicted octanol–water partition coefficient (Wildman–Crippen LogP) is 3.80. The van der Waals surface area contributed by atoms with Gasteiger partial charge in [0.05, 0.1) is 11.6 Å². The van der Waals surface area contributed by atoms with Crippen LogP contribution in [-0.4, -0.2) is 42.4 Å². The van der Waals surface area contributed by atoms with E-state index >= 15 is 0 Å². The molecule has 8 nitrogen and oxygen atoms in total. The maximum atomic E-state index is 12.4. The standard InChI is InChI=1S/C19H19N5O3S4/c1-24(31(26,27)17-5-3-11-28-17)10-2-4-16(25)21-18-22-23-19(30-18)29-13-15-8-6-14(12-20)7-9-15/h3,5-9,11H,2,4,10,13H2,1H3,(H,21,22,25). The molecule has 0 atom stereocenters. The number of benzene rings is 1. The minimum absolute atomic E-state index is 0.178. The van der Waals surface area contributed by atoms with Gasteiger partial charge in [0.15, 0.2) is 4.34 Å². The van der Waals surface area contributed by atoms with Gasteiger partial charge in [-0.2, -0.15) is 5.26 Å². The van der Waals surface area contributed by atoms with Crippen LogP contribution in [0.2, 0.25) is 0 Å². The van der Waals surface area contributed by atoms with Crippen molar-refractivity contribution in [2.75, 3.05) is 18.9 Å². The van der Waals surface area contributed by atoms with E-state index in [1.807, 2.05) is 12.1 Å². The van der Waals surface area contributed by atoms with E-state index in [1.165, 1.54) is 45.8 Å². The Morgan fingerprint density at radius 1 is 1.26 bits per heavy atom. The quantitative estimate of drug-likeness (QED) is 0.337. The summed E-state index contributed by atoms with van der Waals surface area (Å²) in [5.41, 5.74) is 1.68. The van der Waals surface area contributed by atoms with E-state index in [4.69, 9.17) is 5.26 Å². The van der Waals surface area contributed by atoms with Crippen LogP contribution in [0.15, 0.2) is 50.3 Å². The van der Waals surface area contributed by atoms with Gasteiger partial charge >= 0.3 is 0 Å². The fourth-order valence-electron chi connectivity index (χ4n) is 2.47. The van der Waals surface area contributed by atoms with Gasteiger partial charge in [-0.25, -0.2) is 12.7 Å². The number of nitriles is 1. The molecule has 0 spiro atoms. The summed E-state index contributed by atoms with van der Waals surface area (Å²) in [6.45, 7) is 0.246. The first-order chi connectivity index (χ1) is 14.9. The van der Waals surface area contributed by atoms with E-state index in [0.717, 1.165) is 9.90 Å². The van der Waals surface area contributed by atoms with Crippen molar-refractivity contribution in [2.24, 2.45) is 0 Å². The van der Waals surface area contributed by atoms with Crippen LogP contribution in [0.3, 0.4) is 0 Å². The number of aromatic nitrogens is 2. The summed E-state index contributed by atoms with van der Waals surface area (Å²) in [5, 5.41) is 21.7. The first-order valence-electron chi connectivity index (χ1n) is 9.13. The Morgan fingerprint density at radius 3 is 2.71 bits per heavy atom. The number of thioether (sulfide) groups is 1. The number of sulfonamides is 1. The second-order valence-electron chi connectivity index (χ2n) is 6.38. The molecule has 1 N–H and O–H groups in total. The minimum Gasteiger partial charge on any atom is -0.301 e. The van der Waals surface area contributed by atoms with E-state index in [2.05, 4.69) is 21.6 Å². The Hall–Kier alpha value is -2.30. The molecule has 1 amide bonds. The topological polar surface area (TPSA) is 116 Å². The molecule has 0 saturated carbocycles. The SMILES string of the molecule is CN(CCCC(=O)Nc1nnc(SCc2ccc(C#N)cc2)s1)S(=O)(=O)c1cccs1. The third-order valence-electron chi connectivity index (χ3n) is 4.13. The molecular formula is C19H19N5O3S4. The summed E-state index contributed by atoms with van der Waals surface area (Å²) in [4.78, 5) is 12.2. The van der Waals surface area contributed by atoms with Gasteiger partial charge in [0.25, 0.3) is 10.0 Å². The zero-order valence-corrected chi connectivity index (χ0v) is 19.8. The van der Waals surface area contributed by atoms with Crippen molar-refractivity contribution in [2.45, 2.75) is 27.1 Å². The molecule has 12 heteroatoms. The fraction of sp³-hybridized carbons (Fsp3) is 0.263. The number of rotatable bonds is 10. The average molecular weight is 494 g/mol. The molecule has 162 valence electrons. The Balaban J connectivity index is 1.41. The number of amides is 1. The summed E-state index contributed by atoms with van der Waals surface area (Å²) in [6, 6.07) is 12.7. The van der Waals surface area contributed by atoms with Crippen molar-refractivity contribution in [3.8, 4) is 6.07 Å². The van der Waals surface area contributed by atoms with E-state index in [0.29, 0.717) is 27.1 Å². The normalized spacial score (nSPS) is 11.4. The molecule has 3 aromatic rings. The smallest absolute Gasteiger partial charge is 0.252 e. The number of carbonyl (C=O) groups excluding carboxylic acids is 1. The second-order valence-corrected chi connectivity index (χ2v) is 11.8. The molecule has 0 aliphatic rings. The number of anilines is 1. The van der Waals surface area contributed by atoms with Crippen LogP contribution in [0.4, 0.5) is 5.13 Å². The molecule has 0 radical (unpaired) electrons. The van der Waals surface area contributed by atoms with E-state index < -0.39 is 10.0 Å². The molecule has 2 aromatic heterocycles. The van der Waals surface area contributed by atoms with E-state index in [1.54, 1.807) is 29.6 Å². The molecule has 0 saturated heterocycles. The number of carbonyl (C=O) groups is 1. The molecule has 0 unspecified atom stereocenters. The number of nitrogens with zero attached hydrogens (tertiary/aromatic N) is 4. The van der Waals surface area contributed by atoms with Crippen LogP contribution in [0, 0.1) is 11.3 Å². The number of nitrogens with one attached hydrogen (secondary N) is 1. The van der Waals surface area contributed by atoms with Crippen LogP contribution < -0.4 is 5.32 Å². The van der Waals surface area contributed by atoms with Gasteiger partial charge in [-0.1, -0.05) is 41.3 Å². The lowest BCUT2D eigenvalue weighted by Crippen LogP contribution is -2.28. The average Bonchev–Trinajstić information content (AvgIpc) is 3.45. The molecule has 2 heterocycles. The summed E-state index contributed by atoms with van der Waals surface area (Å²) in [6.07, 6.45) is 0.573. The van der Waals surface area contributed by atoms with Gasteiger partial charge in [0.1, 0.15) is 4.21 Å². The van der Waals surface area contributed by atoms with Crippen LogP contribution in [0.5, 0.6) is 0 Å². The first-order valence-corrected chi connectivity index (χ1v) is 13.3. The van der Waals surface area contributed by atoms with E-state index in [9.17, 15) is 13.2 Å². The molecule has 1 aromatic carbocycles. The second kappa shape index (κ2) is 10.8. The summed E-state index contributed by atoms with van der Waals surface area (Å²) in [5.74, 6) is 0.445. The Labute approximate surface area is 193 Å². The maximum absolute atomic E-state index is 12.4. The zero-order chi connectivity index (χ0) is 22.3. The minimum atomic E-state index is -3.50. The maximum Gasteiger partial charge on any atom is 0.252 e. The molecule has 3 rings (SSSR count).